The van der Waals surface area contributed by atoms with Crippen LogP contribution in [-0.2, 0) is 4.79 Å². The van der Waals surface area contributed by atoms with Gasteiger partial charge in [0.05, 0.1) is 5.25 Å². The Morgan fingerprint density at radius 3 is 2.64 bits per heavy atom. The second kappa shape index (κ2) is 8.52. The molecule has 2 aromatic carbocycles. The van der Waals surface area contributed by atoms with Gasteiger partial charge in [0.2, 0.25) is 0 Å². The average molecular weight is 466 g/mol. The first-order chi connectivity index (χ1) is 15.9. The third-order valence-corrected chi connectivity index (χ3v) is 8.68. The standard InChI is InChI=1S/C26H28FN3O2S/c1-3-17-11-13-26(14-12-17)30(25(32)16(2)33-26)29-24(31)23-22(18-7-5-4-6-8-18)20-15-19(27)9-10-21(20)28-23/h4-10,15-17,28H,3,11-14H2,1-2H3,(H,29,31). The maximum Gasteiger partial charge on any atom is 0.286 e. The van der Waals surface area contributed by atoms with Gasteiger partial charge < -0.3 is 4.98 Å². The number of aromatic amines is 1. The molecule has 2 heterocycles. The summed E-state index contributed by atoms with van der Waals surface area (Å²) in [5.41, 5.74) is 5.41. The van der Waals surface area contributed by atoms with E-state index >= 15 is 0 Å². The molecule has 7 heteroatoms. The van der Waals surface area contributed by atoms with Gasteiger partial charge in [0, 0.05) is 16.5 Å². The molecule has 5 nitrogen and oxygen atoms in total. The second-order valence-electron chi connectivity index (χ2n) is 9.10. The molecule has 172 valence electrons. The molecule has 1 aliphatic heterocycles. The number of nitrogens with zero attached hydrogens (tertiary/aromatic N) is 1. The van der Waals surface area contributed by atoms with Crippen LogP contribution in [0.25, 0.3) is 22.0 Å². The van der Waals surface area contributed by atoms with Crippen molar-refractivity contribution in [3.63, 3.8) is 0 Å². The Morgan fingerprint density at radius 1 is 1.21 bits per heavy atom. The van der Waals surface area contributed by atoms with Crippen molar-refractivity contribution in [1.29, 1.82) is 0 Å². The number of carbonyl (C=O) groups is 2. The van der Waals surface area contributed by atoms with Crippen LogP contribution in [0.5, 0.6) is 0 Å². The summed E-state index contributed by atoms with van der Waals surface area (Å²) >= 11 is 1.66. The first-order valence-corrected chi connectivity index (χ1v) is 12.5. The van der Waals surface area contributed by atoms with E-state index in [4.69, 9.17) is 0 Å². The summed E-state index contributed by atoms with van der Waals surface area (Å²) in [4.78, 5) is 29.5. The van der Waals surface area contributed by atoms with E-state index < -0.39 is 4.87 Å². The zero-order valence-corrected chi connectivity index (χ0v) is 19.7. The number of hydrogen-bond acceptors (Lipinski definition) is 3. The maximum atomic E-state index is 14.1. The zero-order valence-electron chi connectivity index (χ0n) is 18.9. The number of fused-ring (bicyclic) bond motifs is 1. The summed E-state index contributed by atoms with van der Waals surface area (Å²) < 4.78 is 14.1. The highest BCUT2D eigenvalue weighted by molar-refractivity contribution is 8.02. The largest absolute Gasteiger partial charge is 0.350 e. The first-order valence-electron chi connectivity index (χ1n) is 11.6. The molecular weight excluding hydrogens is 437 g/mol. The van der Waals surface area contributed by atoms with Crippen LogP contribution in [0.2, 0.25) is 0 Å². The topological polar surface area (TPSA) is 65.2 Å². The SMILES string of the molecule is CCC1CCC2(CC1)SC(C)C(=O)N2NC(=O)c1[nH]c2ccc(F)cc2c1-c1ccccc1. The molecule has 2 fully saturated rings. The highest BCUT2D eigenvalue weighted by Crippen LogP contribution is 2.51. The third kappa shape index (κ3) is 3.82. The van der Waals surface area contributed by atoms with Crippen LogP contribution in [-0.4, -0.2) is 31.9 Å². The molecule has 0 bridgehead atoms. The number of halogens is 1. The lowest BCUT2D eigenvalue weighted by Gasteiger charge is -2.42. The highest BCUT2D eigenvalue weighted by Gasteiger charge is 2.52. The van der Waals surface area contributed by atoms with Crippen molar-refractivity contribution in [3.8, 4) is 11.1 Å². The van der Waals surface area contributed by atoms with Gasteiger partial charge in [-0.1, -0.05) is 43.7 Å². The quantitative estimate of drug-likeness (QED) is 0.506. The molecule has 1 unspecified atom stereocenters. The molecule has 1 spiro atoms. The minimum Gasteiger partial charge on any atom is -0.350 e. The van der Waals surface area contributed by atoms with Crippen molar-refractivity contribution in [2.75, 3.05) is 0 Å². The minimum atomic E-state index is -0.400. The Labute approximate surface area is 197 Å². The van der Waals surface area contributed by atoms with E-state index in [1.807, 2.05) is 37.3 Å². The molecule has 2 aliphatic rings. The second-order valence-corrected chi connectivity index (χ2v) is 10.8. The number of amides is 2. The molecule has 2 N–H and O–H groups in total. The molecule has 1 saturated carbocycles. The van der Waals surface area contributed by atoms with Crippen molar-refractivity contribution in [2.45, 2.75) is 56.1 Å². The lowest BCUT2D eigenvalue weighted by molar-refractivity contribution is -0.135. The van der Waals surface area contributed by atoms with Crippen LogP contribution in [0.15, 0.2) is 48.5 Å². The van der Waals surface area contributed by atoms with E-state index in [-0.39, 0.29) is 22.9 Å². The minimum absolute atomic E-state index is 0.0632. The van der Waals surface area contributed by atoms with Gasteiger partial charge in [-0.15, -0.1) is 11.8 Å². The summed E-state index contributed by atoms with van der Waals surface area (Å²) in [6.07, 6.45) is 4.99. The molecule has 33 heavy (non-hydrogen) atoms. The number of aromatic nitrogens is 1. The van der Waals surface area contributed by atoms with Gasteiger partial charge in [0.25, 0.3) is 11.8 Å². The van der Waals surface area contributed by atoms with Gasteiger partial charge in [-0.2, -0.15) is 0 Å². The molecule has 1 aliphatic carbocycles. The number of carbonyl (C=O) groups excluding carboxylic acids is 2. The predicted molar refractivity (Wildman–Crippen MR) is 130 cm³/mol. The van der Waals surface area contributed by atoms with E-state index in [2.05, 4.69) is 17.3 Å². The molecular formula is C26H28FN3O2S. The highest BCUT2D eigenvalue weighted by atomic mass is 32.2. The summed E-state index contributed by atoms with van der Waals surface area (Å²) in [7, 11) is 0. The first kappa shape index (κ1) is 22.0. The van der Waals surface area contributed by atoms with Crippen LogP contribution >= 0.6 is 11.8 Å². The van der Waals surface area contributed by atoms with E-state index in [0.29, 0.717) is 28.1 Å². The number of thioether (sulfide) groups is 1. The summed E-state index contributed by atoms with van der Waals surface area (Å²) in [5, 5.41) is 2.03. The average Bonchev–Trinajstić information content (AvgIpc) is 3.31. The van der Waals surface area contributed by atoms with Gasteiger partial charge in [-0.05, 0) is 62.3 Å². The van der Waals surface area contributed by atoms with Crippen molar-refractivity contribution in [2.24, 2.45) is 5.92 Å². The van der Waals surface area contributed by atoms with Crippen molar-refractivity contribution in [3.05, 3.63) is 60.0 Å². The molecule has 2 amide bonds. The monoisotopic (exact) mass is 465 g/mol. The number of hydrogen-bond donors (Lipinski definition) is 2. The smallest absolute Gasteiger partial charge is 0.286 e. The Balaban J connectivity index is 1.52. The number of rotatable bonds is 4. The van der Waals surface area contributed by atoms with Crippen LogP contribution in [0.4, 0.5) is 4.39 Å². The number of benzene rings is 2. The number of H-pyrrole nitrogens is 1. The van der Waals surface area contributed by atoms with Crippen LogP contribution < -0.4 is 5.43 Å². The van der Waals surface area contributed by atoms with E-state index in [1.54, 1.807) is 22.8 Å². The Hall–Kier alpha value is -2.80. The lowest BCUT2D eigenvalue weighted by Crippen LogP contribution is -2.56. The van der Waals surface area contributed by atoms with E-state index in [9.17, 15) is 14.0 Å². The van der Waals surface area contributed by atoms with Gasteiger partial charge in [0.1, 0.15) is 16.4 Å². The number of hydrazine groups is 1. The normalized spacial score (nSPS) is 25.2. The molecule has 0 radical (unpaired) electrons. The molecule has 1 atom stereocenters. The number of nitrogens with one attached hydrogen (secondary N) is 2. The fourth-order valence-corrected chi connectivity index (χ4v) is 6.82. The summed E-state index contributed by atoms with van der Waals surface area (Å²) in [6, 6.07) is 13.9. The Kier molecular flexibility index (Phi) is 5.69. The van der Waals surface area contributed by atoms with E-state index in [1.165, 1.54) is 12.1 Å². The third-order valence-electron chi connectivity index (χ3n) is 7.10. The molecule has 3 aromatic rings. The van der Waals surface area contributed by atoms with Crippen LogP contribution in [0.3, 0.4) is 0 Å². The van der Waals surface area contributed by atoms with Crippen LogP contribution in [0, 0.1) is 11.7 Å². The maximum absolute atomic E-state index is 14.1. The van der Waals surface area contributed by atoms with Crippen molar-refractivity contribution in [1.82, 2.24) is 15.4 Å². The van der Waals surface area contributed by atoms with Gasteiger partial charge >= 0.3 is 0 Å². The zero-order chi connectivity index (χ0) is 23.2. The summed E-state index contributed by atoms with van der Waals surface area (Å²) in [6.45, 7) is 4.12. The molecule has 1 saturated heterocycles. The van der Waals surface area contributed by atoms with Gasteiger partial charge in [0.15, 0.2) is 0 Å². The summed E-state index contributed by atoms with van der Waals surface area (Å²) in [5.74, 6) is -0.137. The Bertz CT molecular complexity index is 1200. The van der Waals surface area contributed by atoms with Gasteiger partial charge in [-0.3, -0.25) is 15.0 Å². The molecule has 5 rings (SSSR count). The fourth-order valence-electron chi connectivity index (χ4n) is 5.25. The Morgan fingerprint density at radius 2 is 1.94 bits per heavy atom. The van der Waals surface area contributed by atoms with E-state index in [0.717, 1.165) is 37.7 Å². The molecule has 1 aromatic heterocycles. The van der Waals surface area contributed by atoms with Crippen LogP contribution in [0.1, 0.15) is 56.4 Å². The van der Waals surface area contributed by atoms with Crippen molar-refractivity contribution >= 4 is 34.5 Å². The van der Waals surface area contributed by atoms with Crippen molar-refractivity contribution < 1.29 is 14.0 Å². The van der Waals surface area contributed by atoms with Gasteiger partial charge in [-0.25, -0.2) is 9.40 Å². The fraction of sp³-hybridized carbons (Fsp3) is 0.385. The lowest BCUT2D eigenvalue weighted by atomic mass is 9.84. The predicted octanol–water partition coefficient (Wildman–Crippen LogP) is 5.88.